The van der Waals surface area contributed by atoms with Crippen molar-refractivity contribution in [3.8, 4) is 17.2 Å². The quantitative estimate of drug-likeness (QED) is 0.620. The predicted octanol–water partition coefficient (Wildman–Crippen LogP) is 4.46. The van der Waals surface area contributed by atoms with E-state index in [1.54, 1.807) is 42.5 Å². The molecular weight excluding hydrogens is 399 g/mol. The lowest BCUT2D eigenvalue weighted by molar-refractivity contribution is -0.159. The van der Waals surface area contributed by atoms with Crippen LogP contribution in [-0.2, 0) is 11.3 Å². The Kier molecular flexibility index (Phi) is 6.87. The number of carbonyl (C=O) groups excluding carboxylic acids is 1. The number of para-hydroxylation sites is 1. The SMILES string of the molecule is CCOc1ccccc1/C=C/C(=O)N(Cc1ccc2c(c1)OCCO2)CC(F)(F)F. The number of rotatable bonds is 7. The molecule has 1 aliphatic rings. The third-order valence-electron chi connectivity index (χ3n) is 4.29. The first-order valence-corrected chi connectivity index (χ1v) is 9.50. The minimum absolute atomic E-state index is 0.216. The van der Waals surface area contributed by atoms with Crippen LogP contribution in [0.25, 0.3) is 6.08 Å². The van der Waals surface area contributed by atoms with Crippen LogP contribution >= 0.6 is 0 Å². The highest BCUT2D eigenvalue weighted by Crippen LogP contribution is 2.31. The zero-order chi connectivity index (χ0) is 21.6. The minimum Gasteiger partial charge on any atom is -0.493 e. The summed E-state index contributed by atoms with van der Waals surface area (Å²) in [7, 11) is 0. The maximum atomic E-state index is 13.1. The smallest absolute Gasteiger partial charge is 0.406 e. The molecule has 2 aromatic carbocycles. The van der Waals surface area contributed by atoms with E-state index >= 15 is 0 Å². The van der Waals surface area contributed by atoms with Gasteiger partial charge >= 0.3 is 6.18 Å². The Morgan fingerprint density at radius 2 is 1.87 bits per heavy atom. The molecule has 0 aromatic heterocycles. The van der Waals surface area contributed by atoms with Gasteiger partial charge < -0.3 is 19.1 Å². The molecular formula is C22H22F3NO4. The lowest BCUT2D eigenvalue weighted by atomic mass is 10.1. The van der Waals surface area contributed by atoms with Gasteiger partial charge in [0.15, 0.2) is 11.5 Å². The third-order valence-corrected chi connectivity index (χ3v) is 4.29. The number of halogens is 3. The molecule has 1 heterocycles. The van der Waals surface area contributed by atoms with Gasteiger partial charge in [0.1, 0.15) is 25.5 Å². The van der Waals surface area contributed by atoms with E-state index in [4.69, 9.17) is 14.2 Å². The number of ether oxygens (including phenoxy) is 3. The van der Waals surface area contributed by atoms with E-state index in [-0.39, 0.29) is 6.54 Å². The molecule has 0 fully saturated rings. The fourth-order valence-corrected chi connectivity index (χ4v) is 3.01. The van der Waals surface area contributed by atoms with Crippen molar-refractivity contribution in [2.75, 3.05) is 26.4 Å². The largest absolute Gasteiger partial charge is 0.493 e. The molecule has 1 aliphatic heterocycles. The molecule has 0 spiro atoms. The van der Waals surface area contributed by atoms with Crippen LogP contribution in [0, 0.1) is 0 Å². The van der Waals surface area contributed by atoms with Crippen molar-refractivity contribution in [2.24, 2.45) is 0 Å². The predicted molar refractivity (Wildman–Crippen MR) is 106 cm³/mol. The number of hydrogen-bond acceptors (Lipinski definition) is 4. The van der Waals surface area contributed by atoms with Gasteiger partial charge in [-0.1, -0.05) is 24.3 Å². The van der Waals surface area contributed by atoms with E-state index in [2.05, 4.69) is 0 Å². The summed E-state index contributed by atoms with van der Waals surface area (Å²) >= 11 is 0. The van der Waals surface area contributed by atoms with Gasteiger partial charge in [-0.3, -0.25) is 4.79 Å². The summed E-state index contributed by atoms with van der Waals surface area (Å²) in [4.78, 5) is 13.3. The fraction of sp³-hybridized carbons (Fsp3) is 0.318. The minimum atomic E-state index is -4.53. The number of fused-ring (bicyclic) bond motifs is 1. The normalized spacial score (nSPS) is 13.3. The summed E-state index contributed by atoms with van der Waals surface area (Å²) in [6, 6.07) is 11.9. The topological polar surface area (TPSA) is 48.0 Å². The number of amides is 1. The molecule has 3 rings (SSSR count). The molecule has 8 heteroatoms. The molecule has 0 unspecified atom stereocenters. The first-order valence-electron chi connectivity index (χ1n) is 9.50. The standard InChI is InChI=1S/C22H22F3NO4/c1-2-28-18-6-4-3-5-17(18)8-10-21(27)26(15-22(23,24)25)14-16-7-9-19-20(13-16)30-12-11-29-19/h3-10,13H,2,11-12,14-15H2,1H3/b10-8+. The van der Waals surface area contributed by atoms with E-state index in [9.17, 15) is 18.0 Å². The molecule has 0 saturated heterocycles. The van der Waals surface area contributed by atoms with Crippen LogP contribution in [0.3, 0.4) is 0 Å². The second kappa shape index (κ2) is 9.56. The van der Waals surface area contributed by atoms with Crippen molar-refractivity contribution in [1.29, 1.82) is 0 Å². The van der Waals surface area contributed by atoms with Crippen LogP contribution in [0.15, 0.2) is 48.5 Å². The summed E-state index contributed by atoms with van der Waals surface area (Å²) in [6.45, 7) is 1.46. The Bertz CT molecular complexity index is 911. The maximum Gasteiger partial charge on any atom is 0.406 e. The highest BCUT2D eigenvalue weighted by atomic mass is 19.4. The van der Waals surface area contributed by atoms with E-state index in [1.807, 2.05) is 6.92 Å². The second-order valence-electron chi connectivity index (χ2n) is 6.59. The van der Waals surface area contributed by atoms with Gasteiger partial charge in [0, 0.05) is 18.2 Å². The zero-order valence-corrected chi connectivity index (χ0v) is 16.4. The van der Waals surface area contributed by atoms with E-state index in [0.29, 0.717) is 48.2 Å². The summed E-state index contributed by atoms with van der Waals surface area (Å²) in [5.74, 6) is 0.789. The molecule has 0 N–H and O–H groups in total. The van der Waals surface area contributed by atoms with Crippen LogP contribution < -0.4 is 14.2 Å². The molecule has 160 valence electrons. The van der Waals surface area contributed by atoms with Gasteiger partial charge in [0.2, 0.25) is 5.91 Å². The number of alkyl halides is 3. The Morgan fingerprint density at radius 1 is 1.13 bits per heavy atom. The van der Waals surface area contributed by atoms with Gasteiger partial charge in [-0.2, -0.15) is 13.2 Å². The average molecular weight is 421 g/mol. The number of nitrogens with zero attached hydrogens (tertiary/aromatic N) is 1. The van der Waals surface area contributed by atoms with Crippen molar-refractivity contribution < 1.29 is 32.2 Å². The van der Waals surface area contributed by atoms with Crippen LogP contribution in [0.1, 0.15) is 18.1 Å². The van der Waals surface area contributed by atoms with Crippen molar-refractivity contribution in [3.05, 3.63) is 59.7 Å². The van der Waals surface area contributed by atoms with Crippen molar-refractivity contribution >= 4 is 12.0 Å². The third kappa shape index (κ3) is 5.92. The molecule has 1 amide bonds. The summed E-state index contributed by atoms with van der Waals surface area (Å²) in [5.41, 5.74) is 1.12. The molecule has 0 bridgehead atoms. The van der Waals surface area contributed by atoms with Gasteiger partial charge in [0.25, 0.3) is 0 Å². The van der Waals surface area contributed by atoms with Crippen molar-refractivity contribution in [1.82, 2.24) is 4.90 Å². The van der Waals surface area contributed by atoms with Gasteiger partial charge in [0.05, 0.1) is 6.61 Å². The van der Waals surface area contributed by atoms with Crippen molar-refractivity contribution in [3.63, 3.8) is 0 Å². The van der Waals surface area contributed by atoms with E-state index in [0.717, 1.165) is 11.0 Å². The summed E-state index contributed by atoms with van der Waals surface area (Å²) in [5, 5.41) is 0. The van der Waals surface area contributed by atoms with Gasteiger partial charge in [-0.05, 0) is 36.8 Å². The maximum absolute atomic E-state index is 13.1. The lowest BCUT2D eigenvalue weighted by Gasteiger charge is -2.24. The second-order valence-corrected chi connectivity index (χ2v) is 6.59. The molecule has 0 atom stereocenters. The first kappa shape index (κ1) is 21.5. The highest BCUT2D eigenvalue weighted by Gasteiger charge is 2.32. The highest BCUT2D eigenvalue weighted by molar-refractivity contribution is 5.92. The van der Waals surface area contributed by atoms with Crippen LogP contribution in [0.4, 0.5) is 13.2 Å². The molecule has 2 aromatic rings. The monoisotopic (exact) mass is 421 g/mol. The van der Waals surface area contributed by atoms with E-state index < -0.39 is 18.6 Å². The fourth-order valence-electron chi connectivity index (χ4n) is 3.01. The molecule has 30 heavy (non-hydrogen) atoms. The zero-order valence-electron chi connectivity index (χ0n) is 16.4. The Morgan fingerprint density at radius 3 is 2.60 bits per heavy atom. The van der Waals surface area contributed by atoms with Gasteiger partial charge in [-0.25, -0.2) is 0 Å². The Hall–Kier alpha value is -3.16. The van der Waals surface area contributed by atoms with Gasteiger partial charge in [-0.15, -0.1) is 0 Å². The van der Waals surface area contributed by atoms with Crippen LogP contribution in [0.5, 0.6) is 17.2 Å². The van der Waals surface area contributed by atoms with E-state index in [1.165, 1.54) is 6.08 Å². The average Bonchev–Trinajstić information content (AvgIpc) is 2.71. The van der Waals surface area contributed by atoms with Crippen LogP contribution in [-0.4, -0.2) is 43.3 Å². The molecule has 5 nitrogen and oxygen atoms in total. The lowest BCUT2D eigenvalue weighted by Crippen LogP contribution is -2.37. The molecule has 0 aliphatic carbocycles. The molecule has 0 saturated carbocycles. The summed E-state index contributed by atoms with van der Waals surface area (Å²) in [6.07, 6.45) is -1.94. The molecule has 0 radical (unpaired) electrons. The summed E-state index contributed by atoms with van der Waals surface area (Å²) < 4.78 is 55.6. The van der Waals surface area contributed by atoms with Crippen LogP contribution in [0.2, 0.25) is 0 Å². The number of benzene rings is 2. The van der Waals surface area contributed by atoms with Crippen molar-refractivity contribution in [2.45, 2.75) is 19.6 Å². The number of carbonyl (C=O) groups is 1. The Balaban J connectivity index is 1.79. The first-order chi connectivity index (χ1) is 14.4. The Labute approximate surface area is 172 Å². The number of hydrogen-bond donors (Lipinski definition) is 0.